The molecule has 6 nitrogen and oxygen atoms in total. The molecule has 2 aromatic heterocycles. The van der Waals surface area contributed by atoms with Crippen LogP contribution in [0.25, 0.3) is 11.1 Å². The number of nitrogens with one attached hydrogen (secondary N) is 1. The van der Waals surface area contributed by atoms with E-state index >= 15 is 0 Å². The Kier molecular flexibility index (Phi) is 4.88. The van der Waals surface area contributed by atoms with E-state index in [9.17, 15) is 4.79 Å². The van der Waals surface area contributed by atoms with Crippen molar-refractivity contribution >= 4 is 28.6 Å². The zero-order valence-electron chi connectivity index (χ0n) is 15.5. The summed E-state index contributed by atoms with van der Waals surface area (Å²) in [6.07, 6.45) is 4.19. The Morgan fingerprint density at radius 1 is 1.25 bits per heavy atom. The molecule has 7 heteroatoms. The minimum absolute atomic E-state index is 0.144. The lowest BCUT2D eigenvalue weighted by Gasteiger charge is -2.11. The van der Waals surface area contributed by atoms with Crippen molar-refractivity contribution in [3.8, 4) is 0 Å². The maximum Gasteiger partial charge on any atom is 0.251 e. The Labute approximate surface area is 167 Å². The molecule has 2 heterocycles. The van der Waals surface area contributed by atoms with E-state index in [-0.39, 0.29) is 11.9 Å². The average molecular weight is 395 g/mol. The van der Waals surface area contributed by atoms with Crippen LogP contribution in [0.1, 0.15) is 40.3 Å². The third-order valence-electron chi connectivity index (χ3n) is 4.54. The average Bonchev–Trinajstić information content (AvgIpc) is 3.28. The Bertz CT molecular complexity index is 1130. The first kappa shape index (κ1) is 18.3. The molecule has 0 radical (unpaired) electrons. The second kappa shape index (κ2) is 7.48. The van der Waals surface area contributed by atoms with Gasteiger partial charge in [-0.3, -0.25) is 9.48 Å². The maximum atomic E-state index is 12.6. The number of benzene rings is 2. The van der Waals surface area contributed by atoms with Gasteiger partial charge in [0.2, 0.25) is 0 Å². The molecule has 0 aliphatic rings. The van der Waals surface area contributed by atoms with Gasteiger partial charge in [0.1, 0.15) is 5.52 Å². The van der Waals surface area contributed by atoms with Crippen LogP contribution in [0.15, 0.2) is 59.3 Å². The van der Waals surface area contributed by atoms with Gasteiger partial charge in [-0.15, -0.1) is 0 Å². The Balaban J connectivity index is 1.50. The number of aryl methyl sites for hydroxylation is 1. The second-order valence-electron chi connectivity index (χ2n) is 6.74. The second-order valence-corrected chi connectivity index (χ2v) is 7.17. The van der Waals surface area contributed by atoms with Crippen LogP contribution >= 0.6 is 11.6 Å². The predicted molar refractivity (Wildman–Crippen MR) is 107 cm³/mol. The van der Waals surface area contributed by atoms with Crippen molar-refractivity contribution < 1.29 is 9.21 Å². The van der Waals surface area contributed by atoms with Crippen LogP contribution in [0.5, 0.6) is 0 Å². The van der Waals surface area contributed by atoms with Gasteiger partial charge >= 0.3 is 0 Å². The van der Waals surface area contributed by atoms with Crippen molar-refractivity contribution in [1.82, 2.24) is 20.1 Å². The van der Waals surface area contributed by atoms with Gasteiger partial charge < -0.3 is 9.73 Å². The fourth-order valence-corrected chi connectivity index (χ4v) is 3.12. The maximum absolute atomic E-state index is 12.6. The normalized spacial score (nSPS) is 12.2. The fourth-order valence-electron chi connectivity index (χ4n) is 3.00. The number of hydrogen-bond donors (Lipinski definition) is 1. The quantitative estimate of drug-likeness (QED) is 0.547. The van der Waals surface area contributed by atoms with Crippen molar-refractivity contribution in [1.29, 1.82) is 0 Å². The Morgan fingerprint density at radius 2 is 2.04 bits per heavy atom. The summed E-state index contributed by atoms with van der Waals surface area (Å²) in [5.74, 6) is 0.430. The summed E-state index contributed by atoms with van der Waals surface area (Å²) in [6, 6.07) is 12.7. The van der Waals surface area contributed by atoms with E-state index in [1.165, 1.54) is 0 Å². The van der Waals surface area contributed by atoms with E-state index in [2.05, 4.69) is 15.4 Å². The van der Waals surface area contributed by atoms with E-state index < -0.39 is 0 Å². The summed E-state index contributed by atoms with van der Waals surface area (Å²) in [5, 5.41) is 7.81. The molecule has 0 aliphatic heterocycles. The van der Waals surface area contributed by atoms with Crippen molar-refractivity contribution in [2.45, 2.75) is 19.4 Å². The lowest BCUT2D eigenvalue weighted by molar-refractivity contribution is 0.0940. The smallest absolute Gasteiger partial charge is 0.251 e. The van der Waals surface area contributed by atoms with Crippen LogP contribution < -0.4 is 5.32 Å². The molecule has 1 unspecified atom stereocenters. The lowest BCUT2D eigenvalue weighted by atomic mass is 10.1. The largest absolute Gasteiger partial charge is 0.440 e. The fraction of sp³-hybridized carbons (Fsp3) is 0.190. The first-order chi connectivity index (χ1) is 13.5. The SMILES string of the molecule is CC(NC(=O)c1ccc2oc(Cc3ccc(Cl)cc3)nc2c1)c1cnn(C)c1. The van der Waals surface area contributed by atoms with Gasteiger partial charge in [0, 0.05) is 35.8 Å². The van der Waals surface area contributed by atoms with E-state index in [1.54, 1.807) is 29.1 Å². The van der Waals surface area contributed by atoms with Gasteiger partial charge in [-0.25, -0.2) is 4.98 Å². The van der Waals surface area contributed by atoms with Crippen molar-refractivity contribution in [3.63, 3.8) is 0 Å². The van der Waals surface area contributed by atoms with Gasteiger partial charge in [0.15, 0.2) is 11.5 Å². The zero-order valence-corrected chi connectivity index (χ0v) is 16.3. The number of amides is 1. The summed E-state index contributed by atoms with van der Waals surface area (Å²) in [6.45, 7) is 1.92. The van der Waals surface area contributed by atoms with E-state index in [0.717, 1.165) is 11.1 Å². The van der Waals surface area contributed by atoms with Crippen LogP contribution in [-0.4, -0.2) is 20.7 Å². The first-order valence-electron chi connectivity index (χ1n) is 8.91. The van der Waals surface area contributed by atoms with Gasteiger partial charge in [-0.05, 0) is 42.8 Å². The Morgan fingerprint density at radius 3 is 2.75 bits per heavy atom. The van der Waals surface area contributed by atoms with Crippen molar-refractivity contribution in [2.24, 2.45) is 7.05 Å². The van der Waals surface area contributed by atoms with Gasteiger partial charge in [-0.1, -0.05) is 23.7 Å². The summed E-state index contributed by atoms with van der Waals surface area (Å²) < 4.78 is 7.51. The number of fused-ring (bicyclic) bond motifs is 1. The summed E-state index contributed by atoms with van der Waals surface area (Å²) in [5.41, 5.74) is 3.85. The summed E-state index contributed by atoms with van der Waals surface area (Å²) >= 11 is 5.92. The van der Waals surface area contributed by atoms with E-state index in [0.29, 0.717) is 34.0 Å². The molecule has 0 bridgehead atoms. The molecule has 142 valence electrons. The number of halogens is 1. The van der Waals surface area contributed by atoms with Crippen LogP contribution in [0.2, 0.25) is 5.02 Å². The van der Waals surface area contributed by atoms with Crippen LogP contribution in [-0.2, 0) is 13.5 Å². The highest BCUT2D eigenvalue weighted by Crippen LogP contribution is 2.21. The molecule has 1 atom stereocenters. The van der Waals surface area contributed by atoms with Gasteiger partial charge in [0.05, 0.1) is 12.2 Å². The zero-order chi connectivity index (χ0) is 19.7. The molecule has 1 N–H and O–H groups in total. The van der Waals surface area contributed by atoms with Crippen LogP contribution in [0, 0.1) is 0 Å². The van der Waals surface area contributed by atoms with Crippen LogP contribution in [0.3, 0.4) is 0 Å². The summed E-state index contributed by atoms with van der Waals surface area (Å²) in [7, 11) is 1.85. The molecule has 4 rings (SSSR count). The molecule has 2 aromatic carbocycles. The minimum atomic E-state index is -0.166. The molecule has 0 fully saturated rings. The van der Waals surface area contributed by atoms with E-state index in [1.807, 2.05) is 44.4 Å². The highest BCUT2D eigenvalue weighted by atomic mass is 35.5. The first-order valence-corrected chi connectivity index (χ1v) is 9.29. The van der Waals surface area contributed by atoms with Crippen molar-refractivity contribution in [3.05, 3.63) is 82.5 Å². The molecular formula is C21H19ClN4O2. The molecule has 4 aromatic rings. The third kappa shape index (κ3) is 3.92. The number of aromatic nitrogens is 3. The molecule has 28 heavy (non-hydrogen) atoms. The number of hydrogen-bond acceptors (Lipinski definition) is 4. The lowest BCUT2D eigenvalue weighted by Crippen LogP contribution is -2.26. The highest BCUT2D eigenvalue weighted by Gasteiger charge is 2.15. The predicted octanol–water partition coefficient (Wildman–Crippen LogP) is 4.30. The monoisotopic (exact) mass is 394 g/mol. The van der Waals surface area contributed by atoms with Gasteiger partial charge in [0.25, 0.3) is 5.91 Å². The highest BCUT2D eigenvalue weighted by molar-refractivity contribution is 6.30. The minimum Gasteiger partial charge on any atom is -0.440 e. The number of oxazole rings is 1. The topological polar surface area (TPSA) is 73.0 Å². The van der Waals surface area contributed by atoms with E-state index in [4.69, 9.17) is 16.0 Å². The molecule has 0 spiro atoms. The Hall–Kier alpha value is -3.12. The number of carbonyl (C=O) groups is 1. The number of rotatable bonds is 5. The molecule has 1 amide bonds. The molecule has 0 saturated carbocycles. The molecule has 0 saturated heterocycles. The number of nitrogens with zero attached hydrogens (tertiary/aromatic N) is 3. The summed E-state index contributed by atoms with van der Waals surface area (Å²) in [4.78, 5) is 17.1. The standard InChI is InChI=1S/C21H19ClN4O2/c1-13(16-11-23-26(2)12-16)24-21(27)15-5-8-19-18(10-15)25-20(28-19)9-14-3-6-17(22)7-4-14/h3-8,10-13H,9H2,1-2H3,(H,24,27). The molecular weight excluding hydrogens is 376 g/mol. The molecule has 0 aliphatic carbocycles. The van der Waals surface area contributed by atoms with Gasteiger partial charge in [-0.2, -0.15) is 5.10 Å². The van der Waals surface area contributed by atoms with Crippen molar-refractivity contribution in [2.75, 3.05) is 0 Å². The number of carbonyl (C=O) groups excluding carboxylic acids is 1. The van der Waals surface area contributed by atoms with Crippen LogP contribution in [0.4, 0.5) is 0 Å². The third-order valence-corrected chi connectivity index (χ3v) is 4.79.